The summed E-state index contributed by atoms with van der Waals surface area (Å²) >= 11 is 0. The van der Waals surface area contributed by atoms with Crippen molar-refractivity contribution in [2.24, 2.45) is 5.92 Å². The number of ether oxygens (including phenoxy) is 1. The third kappa shape index (κ3) is 2.99. The Morgan fingerprint density at radius 2 is 2.14 bits per heavy atom. The highest BCUT2D eigenvalue weighted by atomic mass is 16.5. The zero-order valence-electron chi connectivity index (χ0n) is 12.3. The monoisotopic (exact) mass is 287 g/mol. The maximum atomic E-state index is 5.96. The standard InChI is InChI=1S/C15H21N5O/c1-21-14-7-6-12(10-13(14)16)15-17-18-19-20(15)9-8-11-4-2-3-5-11/h6-7,10-11H,2-5,8-9,16H2,1H3. The van der Waals surface area contributed by atoms with Gasteiger partial charge in [0.25, 0.3) is 0 Å². The van der Waals surface area contributed by atoms with E-state index < -0.39 is 0 Å². The van der Waals surface area contributed by atoms with Gasteiger partial charge in [-0.2, -0.15) is 0 Å². The molecule has 1 fully saturated rings. The molecule has 1 aliphatic carbocycles. The number of nitrogens with two attached hydrogens (primary N) is 1. The van der Waals surface area contributed by atoms with Gasteiger partial charge in [0.2, 0.25) is 0 Å². The topological polar surface area (TPSA) is 78.9 Å². The molecule has 21 heavy (non-hydrogen) atoms. The number of benzene rings is 1. The molecule has 0 amide bonds. The van der Waals surface area contributed by atoms with Crippen LogP contribution in [0.1, 0.15) is 32.1 Å². The Morgan fingerprint density at radius 1 is 1.33 bits per heavy atom. The number of aryl methyl sites for hydroxylation is 1. The molecule has 6 nitrogen and oxygen atoms in total. The average molecular weight is 287 g/mol. The number of aromatic nitrogens is 4. The zero-order valence-corrected chi connectivity index (χ0v) is 12.3. The summed E-state index contributed by atoms with van der Waals surface area (Å²) in [6, 6.07) is 5.64. The van der Waals surface area contributed by atoms with Crippen LogP contribution in [0.15, 0.2) is 18.2 Å². The summed E-state index contributed by atoms with van der Waals surface area (Å²) in [5, 5.41) is 12.0. The van der Waals surface area contributed by atoms with Gasteiger partial charge in [-0.25, -0.2) is 4.68 Å². The molecule has 2 N–H and O–H groups in total. The zero-order chi connectivity index (χ0) is 14.7. The Hall–Kier alpha value is -2.11. The summed E-state index contributed by atoms with van der Waals surface area (Å²) in [6.07, 6.45) is 6.55. The first kappa shape index (κ1) is 13.9. The van der Waals surface area contributed by atoms with Gasteiger partial charge in [0.15, 0.2) is 5.82 Å². The van der Waals surface area contributed by atoms with Crippen molar-refractivity contribution in [3.05, 3.63) is 18.2 Å². The highest BCUT2D eigenvalue weighted by molar-refractivity contribution is 5.66. The minimum absolute atomic E-state index is 0.598. The molecule has 0 unspecified atom stereocenters. The van der Waals surface area contributed by atoms with E-state index in [4.69, 9.17) is 10.5 Å². The molecule has 6 heteroatoms. The molecule has 1 aliphatic rings. The Labute approximate surface area is 124 Å². The molecule has 3 rings (SSSR count). The van der Waals surface area contributed by atoms with Crippen molar-refractivity contribution in [2.75, 3.05) is 12.8 Å². The highest BCUT2D eigenvalue weighted by Gasteiger charge is 2.17. The Balaban J connectivity index is 1.76. The lowest BCUT2D eigenvalue weighted by Crippen LogP contribution is -2.07. The molecule has 0 radical (unpaired) electrons. The van der Waals surface area contributed by atoms with Crippen LogP contribution >= 0.6 is 0 Å². The van der Waals surface area contributed by atoms with Gasteiger partial charge in [-0.1, -0.05) is 25.7 Å². The first-order valence-corrected chi connectivity index (χ1v) is 7.48. The molecule has 0 bridgehead atoms. The number of rotatable bonds is 5. The normalized spacial score (nSPS) is 15.5. The van der Waals surface area contributed by atoms with Gasteiger partial charge in [0, 0.05) is 12.1 Å². The lowest BCUT2D eigenvalue weighted by atomic mass is 10.0. The first-order valence-electron chi connectivity index (χ1n) is 7.48. The fourth-order valence-corrected chi connectivity index (χ4v) is 3.04. The van der Waals surface area contributed by atoms with Crippen LogP contribution in [0.5, 0.6) is 5.75 Å². The Morgan fingerprint density at radius 3 is 2.86 bits per heavy atom. The maximum absolute atomic E-state index is 5.96. The van der Waals surface area contributed by atoms with Crippen molar-refractivity contribution in [2.45, 2.75) is 38.6 Å². The van der Waals surface area contributed by atoms with Crippen molar-refractivity contribution in [1.29, 1.82) is 0 Å². The van der Waals surface area contributed by atoms with Crippen molar-refractivity contribution in [3.8, 4) is 17.1 Å². The predicted molar refractivity (Wildman–Crippen MR) is 80.8 cm³/mol. The van der Waals surface area contributed by atoms with E-state index in [1.54, 1.807) is 7.11 Å². The second-order valence-corrected chi connectivity index (χ2v) is 5.62. The molecule has 1 aromatic heterocycles. The first-order chi connectivity index (χ1) is 10.3. The molecular formula is C15H21N5O. The third-order valence-electron chi connectivity index (χ3n) is 4.24. The molecule has 1 heterocycles. The third-order valence-corrected chi connectivity index (χ3v) is 4.24. The number of hydrogen-bond donors (Lipinski definition) is 1. The SMILES string of the molecule is COc1ccc(-c2nnnn2CCC2CCCC2)cc1N. The lowest BCUT2D eigenvalue weighted by Gasteiger charge is -2.10. The fraction of sp³-hybridized carbons (Fsp3) is 0.533. The minimum atomic E-state index is 0.598. The summed E-state index contributed by atoms with van der Waals surface area (Å²) in [5.41, 5.74) is 7.48. The molecule has 1 saturated carbocycles. The number of hydrogen-bond acceptors (Lipinski definition) is 5. The summed E-state index contributed by atoms with van der Waals surface area (Å²) in [4.78, 5) is 0. The number of methoxy groups -OCH3 is 1. The van der Waals surface area contributed by atoms with E-state index >= 15 is 0 Å². The number of tetrazole rings is 1. The van der Waals surface area contributed by atoms with Gasteiger partial charge >= 0.3 is 0 Å². The molecule has 0 saturated heterocycles. The van der Waals surface area contributed by atoms with E-state index in [0.29, 0.717) is 11.4 Å². The fourth-order valence-electron chi connectivity index (χ4n) is 3.04. The van der Waals surface area contributed by atoms with Gasteiger partial charge < -0.3 is 10.5 Å². The van der Waals surface area contributed by atoms with Crippen LogP contribution in [0.2, 0.25) is 0 Å². The van der Waals surface area contributed by atoms with Crippen LogP contribution in [0, 0.1) is 5.92 Å². The average Bonchev–Trinajstić information content (AvgIpc) is 3.16. The van der Waals surface area contributed by atoms with Crippen molar-refractivity contribution in [1.82, 2.24) is 20.2 Å². The van der Waals surface area contributed by atoms with E-state index in [2.05, 4.69) is 15.5 Å². The van der Waals surface area contributed by atoms with Gasteiger partial charge in [-0.3, -0.25) is 0 Å². The summed E-state index contributed by atoms with van der Waals surface area (Å²) < 4.78 is 7.05. The summed E-state index contributed by atoms with van der Waals surface area (Å²) in [7, 11) is 1.61. The Kier molecular flexibility index (Phi) is 4.03. The highest BCUT2D eigenvalue weighted by Crippen LogP contribution is 2.29. The van der Waals surface area contributed by atoms with Crippen molar-refractivity contribution < 1.29 is 4.74 Å². The van der Waals surface area contributed by atoms with E-state index in [-0.39, 0.29) is 0 Å². The van der Waals surface area contributed by atoms with E-state index in [1.165, 1.54) is 25.7 Å². The smallest absolute Gasteiger partial charge is 0.182 e. The lowest BCUT2D eigenvalue weighted by molar-refractivity contribution is 0.417. The van der Waals surface area contributed by atoms with E-state index in [1.807, 2.05) is 22.9 Å². The molecule has 0 aliphatic heterocycles. The van der Waals surface area contributed by atoms with E-state index in [9.17, 15) is 0 Å². The van der Waals surface area contributed by atoms with Crippen LogP contribution in [0.25, 0.3) is 11.4 Å². The summed E-state index contributed by atoms with van der Waals surface area (Å²) in [5.74, 6) is 2.26. The molecule has 0 atom stereocenters. The molecule has 0 spiro atoms. The maximum Gasteiger partial charge on any atom is 0.182 e. The molecule has 2 aromatic rings. The summed E-state index contributed by atoms with van der Waals surface area (Å²) in [6.45, 7) is 0.860. The minimum Gasteiger partial charge on any atom is -0.495 e. The van der Waals surface area contributed by atoms with Crippen LogP contribution in [0.4, 0.5) is 5.69 Å². The number of nitrogens with zero attached hydrogens (tertiary/aromatic N) is 4. The van der Waals surface area contributed by atoms with Crippen molar-refractivity contribution >= 4 is 5.69 Å². The van der Waals surface area contributed by atoms with Crippen molar-refractivity contribution in [3.63, 3.8) is 0 Å². The molecule has 112 valence electrons. The van der Waals surface area contributed by atoms with Gasteiger partial charge in [0.1, 0.15) is 5.75 Å². The van der Waals surface area contributed by atoms with Crippen LogP contribution in [-0.4, -0.2) is 27.3 Å². The quantitative estimate of drug-likeness (QED) is 0.855. The second kappa shape index (κ2) is 6.11. The van der Waals surface area contributed by atoms with Crippen LogP contribution in [-0.2, 0) is 6.54 Å². The van der Waals surface area contributed by atoms with Crippen LogP contribution < -0.4 is 10.5 Å². The largest absolute Gasteiger partial charge is 0.495 e. The number of anilines is 1. The van der Waals surface area contributed by atoms with Crippen LogP contribution in [0.3, 0.4) is 0 Å². The van der Waals surface area contributed by atoms with Gasteiger partial charge in [-0.15, -0.1) is 5.10 Å². The second-order valence-electron chi connectivity index (χ2n) is 5.62. The van der Waals surface area contributed by atoms with Gasteiger partial charge in [0.05, 0.1) is 12.8 Å². The van der Waals surface area contributed by atoms with E-state index in [0.717, 1.165) is 30.3 Å². The Bertz CT molecular complexity index is 604. The predicted octanol–water partition coefficient (Wildman–Crippen LogP) is 2.51. The molecular weight excluding hydrogens is 266 g/mol. The van der Waals surface area contributed by atoms with Gasteiger partial charge in [-0.05, 0) is 41.0 Å². The molecule has 1 aromatic carbocycles. The number of nitrogen functional groups attached to an aromatic ring is 1.